The van der Waals surface area contributed by atoms with Gasteiger partial charge in [-0.1, -0.05) is 13.8 Å². The fraction of sp³-hybridized carbons (Fsp3) is 0.714. The minimum absolute atomic E-state index is 0.0725. The topological polar surface area (TPSA) is 83.0 Å². The van der Waals surface area contributed by atoms with Crippen LogP contribution in [0.2, 0.25) is 0 Å². The van der Waals surface area contributed by atoms with Gasteiger partial charge in [0.25, 0.3) is 0 Å². The monoisotopic (exact) mass is 325 g/mol. The van der Waals surface area contributed by atoms with E-state index in [0.29, 0.717) is 30.7 Å². The molecule has 8 heteroatoms. The van der Waals surface area contributed by atoms with Gasteiger partial charge in [-0.2, -0.15) is 5.10 Å². The zero-order valence-corrected chi connectivity index (χ0v) is 14.1. The van der Waals surface area contributed by atoms with Crippen molar-refractivity contribution >= 4 is 24.0 Å². The number of nitrogens with one attached hydrogen (secondary N) is 2. The van der Waals surface area contributed by atoms with E-state index in [-0.39, 0.29) is 17.7 Å². The number of carbonyl (C=O) groups excluding carboxylic acids is 2. The Hall–Kier alpha value is -1.70. The molecular formula is C14H23N5O2S. The van der Waals surface area contributed by atoms with Crippen LogP contribution in [-0.2, 0) is 23.1 Å². The summed E-state index contributed by atoms with van der Waals surface area (Å²) in [6.07, 6.45) is 1.97. The number of aromatic nitrogens is 3. The fourth-order valence-electron chi connectivity index (χ4n) is 2.77. The molecule has 0 saturated carbocycles. The van der Waals surface area contributed by atoms with Crippen LogP contribution in [0, 0.1) is 10.7 Å². The van der Waals surface area contributed by atoms with Gasteiger partial charge in [0.05, 0.1) is 0 Å². The molecular weight excluding hydrogens is 302 g/mol. The van der Waals surface area contributed by atoms with Crippen LogP contribution >= 0.6 is 12.2 Å². The number of hydrogen-bond acceptors (Lipinski definition) is 4. The Balaban J connectivity index is 1.93. The summed E-state index contributed by atoms with van der Waals surface area (Å²) in [6.45, 7) is 5.07. The molecule has 1 unspecified atom stereocenters. The van der Waals surface area contributed by atoms with Crippen molar-refractivity contribution in [1.29, 1.82) is 0 Å². The Morgan fingerprint density at radius 3 is 2.73 bits per heavy atom. The second-order valence-corrected chi connectivity index (χ2v) is 6.31. The predicted molar refractivity (Wildman–Crippen MR) is 84.7 cm³/mol. The van der Waals surface area contributed by atoms with Crippen LogP contribution in [0.4, 0.5) is 0 Å². The van der Waals surface area contributed by atoms with E-state index >= 15 is 0 Å². The first kappa shape index (κ1) is 16.7. The molecule has 0 bridgehead atoms. The van der Waals surface area contributed by atoms with Crippen LogP contribution in [0.3, 0.4) is 0 Å². The highest BCUT2D eigenvalue weighted by Gasteiger charge is 2.34. The van der Waals surface area contributed by atoms with E-state index in [9.17, 15) is 9.59 Å². The summed E-state index contributed by atoms with van der Waals surface area (Å²) in [4.78, 5) is 26.0. The van der Waals surface area contributed by atoms with Crippen LogP contribution in [-0.4, -0.2) is 50.6 Å². The molecule has 7 nitrogen and oxygen atoms in total. The highest BCUT2D eigenvalue weighted by Crippen LogP contribution is 2.19. The lowest BCUT2D eigenvalue weighted by atomic mass is 10.0. The first-order valence-corrected chi connectivity index (χ1v) is 8.00. The number of carbonyl (C=O) groups is 2. The van der Waals surface area contributed by atoms with Gasteiger partial charge in [0, 0.05) is 33.0 Å². The van der Waals surface area contributed by atoms with Crippen molar-refractivity contribution in [1.82, 2.24) is 25.0 Å². The standard InChI is InChI=1S/C14H23N5O2S/c1-9(2)12(19-8-4-5-11(19)20)13(21)15-7-6-10-16-17-14(22)18(10)3/h9,12H,4-8H2,1-3H3,(H,15,21)(H,17,22). The SMILES string of the molecule is CC(C)C(C(=O)NCCc1n[nH]c(=S)n1C)N1CCCC1=O. The average molecular weight is 325 g/mol. The molecule has 2 heterocycles. The van der Waals surface area contributed by atoms with E-state index in [1.165, 1.54) is 0 Å². The van der Waals surface area contributed by atoms with E-state index in [2.05, 4.69) is 15.5 Å². The van der Waals surface area contributed by atoms with Gasteiger partial charge in [-0.05, 0) is 24.6 Å². The Bertz CT molecular complexity index is 607. The Labute approximate surface area is 135 Å². The molecule has 1 aromatic rings. The zero-order valence-electron chi connectivity index (χ0n) is 13.3. The van der Waals surface area contributed by atoms with Crippen molar-refractivity contribution in [3.63, 3.8) is 0 Å². The molecule has 0 spiro atoms. The first-order valence-electron chi connectivity index (χ1n) is 7.59. The molecule has 1 aliphatic heterocycles. The van der Waals surface area contributed by atoms with Crippen molar-refractivity contribution in [3.8, 4) is 0 Å². The normalized spacial score (nSPS) is 16.4. The third-order valence-corrected chi connectivity index (χ3v) is 4.33. The summed E-state index contributed by atoms with van der Waals surface area (Å²) in [5.41, 5.74) is 0. The van der Waals surface area contributed by atoms with E-state index in [4.69, 9.17) is 12.2 Å². The molecule has 1 saturated heterocycles. The third kappa shape index (κ3) is 3.55. The maximum atomic E-state index is 12.4. The average Bonchev–Trinajstić information content (AvgIpc) is 3.00. The summed E-state index contributed by atoms with van der Waals surface area (Å²) in [7, 11) is 1.84. The fourth-order valence-corrected chi connectivity index (χ4v) is 2.92. The summed E-state index contributed by atoms with van der Waals surface area (Å²) >= 11 is 5.05. The molecule has 0 aromatic carbocycles. The number of aromatic amines is 1. The van der Waals surface area contributed by atoms with E-state index in [1.54, 1.807) is 9.47 Å². The molecule has 0 aliphatic carbocycles. The molecule has 1 atom stereocenters. The van der Waals surface area contributed by atoms with Crippen LogP contribution in [0.25, 0.3) is 0 Å². The van der Waals surface area contributed by atoms with Gasteiger partial charge in [-0.3, -0.25) is 14.7 Å². The Morgan fingerprint density at radius 2 is 2.23 bits per heavy atom. The largest absolute Gasteiger partial charge is 0.354 e. The van der Waals surface area contributed by atoms with Gasteiger partial charge >= 0.3 is 0 Å². The first-order chi connectivity index (χ1) is 10.4. The highest BCUT2D eigenvalue weighted by atomic mass is 32.1. The van der Waals surface area contributed by atoms with Gasteiger partial charge in [0.1, 0.15) is 11.9 Å². The van der Waals surface area contributed by atoms with Gasteiger partial charge < -0.3 is 14.8 Å². The predicted octanol–water partition coefficient (Wildman–Crippen LogP) is 0.783. The molecule has 2 N–H and O–H groups in total. The molecule has 22 heavy (non-hydrogen) atoms. The molecule has 1 fully saturated rings. The molecule has 122 valence electrons. The summed E-state index contributed by atoms with van der Waals surface area (Å²) < 4.78 is 2.34. The van der Waals surface area contributed by atoms with Gasteiger partial charge in [-0.15, -0.1) is 0 Å². The van der Waals surface area contributed by atoms with Crippen molar-refractivity contribution in [2.75, 3.05) is 13.1 Å². The maximum absolute atomic E-state index is 12.4. The van der Waals surface area contributed by atoms with E-state index < -0.39 is 6.04 Å². The van der Waals surface area contributed by atoms with Crippen molar-refractivity contribution in [2.45, 2.75) is 39.2 Å². The maximum Gasteiger partial charge on any atom is 0.243 e. The number of hydrogen-bond donors (Lipinski definition) is 2. The van der Waals surface area contributed by atoms with Crippen molar-refractivity contribution < 1.29 is 9.59 Å². The Kier molecular flexibility index (Phi) is 5.33. The molecule has 1 aliphatic rings. The van der Waals surface area contributed by atoms with Crippen LogP contribution in [0.15, 0.2) is 0 Å². The molecule has 1 aromatic heterocycles. The van der Waals surface area contributed by atoms with Gasteiger partial charge in [-0.25, -0.2) is 0 Å². The van der Waals surface area contributed by atoms with Crippen LogP contribution in [0.1, 0.15) is 32.5 Å². The minimum Gasteiger partial charge on any atom is -0.354 e. The van der Waals surface area contributed by atoms with E-state index in [1.807, 2.05) is 20.9 Å². The number of amides is 2. The quantitative estimate of drug-likeness (QED) is 0.757. The Morgan fingerprint density at radius 1 is 1.50 bits per heavy atom. The molecule has 2 amide bonds. The summed E-state index contributed by atoms with van der Waals surface area (Å²) in [5.74, 6) is 0.858. The van der Waals surface area contributed by atoms with Crippen molar-refractivity contribution in [3.05, 3.63) is 10.6 Å². The number of rotatable bonds is 6. The van der Waals surface area contributed by atoms with Gasteiger partial charge in [0.15, 0.2) is 4.77 Å². The second kappa shape index (κ2) is 7.04. The number of likely N-dealkylation sites (tertiary alicyclic amines) is 1. The summed E-state index contributed by atoms with van der Waals surface area (Å²) in [6, 6.07) is -0.391. The minimum atomic E-state index is -0.391. The number of nitrogens with zero attached hydrogens (tertiary/aromatic N) is 3. The second-order valence-electron chi connectivity index (χ2n) is 5.92. The summed E-state index contributed by atoms with van der Waals surface area (Å²) in [5, 5.41) is 9.74. The lowest BCUT2D eigenvalue weighted by molar-refractivity contribution is -0.139. The number of H-pyrrole nitrogens is 1. The lowest BCUT2D eigenvalue weighted by Gasteiger charge is -2.29. The van der Waals surface area contributed by atoms with Crippen molar-refractivity contribution in [2.24, 2.45) is 13.0 Å². The van der Waals surface area contributed by atoms with Crippen LogP contribution < -0.4 is 5.32 Å². The highest BCUT2D eigenvalue weighted by molar-refractivity contribution is 7.71. The molecule has 0 radical (unpaired) electrons. The van der Waals surface area contributed by atoms with Crippen LogP contribution in [0.5, 0.6) is 0 Å². The smallest absolute Gasteiger partial charge is 0.243 e. The molecule has 2 rings (SSSR count). The van der Waals surface area contributed by atoms with Gasteiger partial charge in [0.2, 0.25) is 11.8 Å². The zero-order chi connectivity index (χ0) is 16.3. The lowest BCUT2D eigenvalue weighted by Crippen LogP contribution is -2.50. The van der Waals surface area contributed by atoms with E-state index in [0.717, 1.165) is 12.2 Å². The third-order valence-electron chi connectivity index (χ3n) is 3.97.